The van der Waals surface area contributed by atoms with Crippen molar-refractivity contribution >= 4 is 0 Å². The van der Waals surface area contributed by atoms with Gasteiger partial charge in [-0.05, 0) is 6.42 Å². The third-order valence-corrected chi connectivity index (χ3v) is 1.45. The molecule has 0 spiro atoms. The second-order valence-electron chi connectivity index (χ2n) is 2.49. The van der Waals surface area contributed by atoms with Crippen LogP contribution in [0.5, 0.6) is 0 Å². The highest BCUT2D eigenvalue weighted by Crippen LogP contribution is 1.96. The van der Waals surface area contributed by atoms with E-state index >= 15 is 0 Å². The first-order chi connectivity index (χ1) is 5.36. The van der Waals surface area contributed by atoms with Gasteiger partial charge in [-0.25, -0.2) is 0 Å². The smallest absolute Gasteiger partial charge is 0.0535 e. The molecule has 4 nitrogen and oxygen atoms in total. The van der Waals surface area contributed by atoms with E-state index in [1.165, 1.54) is 0 Å². The molecule has 0 fully saturated rings. The first-order valence-corrected chi connectivity index (χ1v) is 3.81. The number of aryl methyl sites for hydroxylation is 1. The monoisotopic (exact) mass is 154 g/mol. The summed E-state index contributed by atoms with van der Waals surface area (Å²) in [6, 6.07) is 0. The summed E-state index contributed by atoms with van der Waals surface area (Å²) in [5.74, 6) is 5.16. The molecule has 4 heteroatoms. The third kappa shape index (κ3) is 2.32. The van der Waals surface area contributed by atoms with Gasteiger partial charge in [0.05, 0.1) is 6.20 Å². The SMILES string of the molecule is CCCn1cc(CNN)cn1. The molecule has 0 aliphatic rings. The Hall–Kier alpha value is -0.870. The molecule has 0 aromatic carbocycles. The first-order valence-electron chi connectivity index (χ1n) is 3.81. The highest BCUT2D eigenvalue weighted by atomic mass is 15.3. The molecule has 0 bridgehead atoms. The van der Waals surface area contributed by atoms with Crippen molar-refractivity contribution in [1.29, 1.82) is 0 Å². The van der Waals surface area contributed by atoms with Crippen molar-refractivity contribution in [3.8, 4) is 0 Å². The maximum atomic E-state index is 5.16. The molecule has 62 valence electrons. The Morgan fingerprint density at radius 2 is 2.55 bits per heavy atom. The fourth-order valence-electron chi connectivity index (χ4n) is 0.967. The van der Waals surface area contributed by atoms with E-state index in [1.807, 2.05) is 17.1 Å². The number of hydrogen-bond acceptors (Lipinski definition) is 3. The zero-order valence-electron chi connectivity index (χ0n) is 6.75. The molecule has 0 radical (unpaired) electrons. The van der Waals surface area contributed by atoms with Crippen LogP contribution in [0.3, 0.4) is 0 Å². The summed E-state index contributed by atoms with van der Waals surface area (Å²) in [5, 5.41) is 4.15. The average Bonchev–Trinajstić information content (AvgIpc) is 2.38. The van der Waals surface area contributed by atoms with Crippen LogP contribution in [0.1, 0.15) is 18.9 Å². The highest BCUT2D eigenvalue weighted by Gasteiger charge is 1.94. The summed E-state index contributed by atoms with van der Waals surface area (Å²) in [4.78, 5) is 0. The van der Waals surface area contributed by atoms with Gasteiger partial charge in [0.15, 0.2) is 0 Å². The number of aromatic nitrogens is 2. The standard InChI is InChI=1S/C7H14N4/c1-2-3-11-6-7(4-9-8)5-10-11/h5-6,9H,2-4,8H2,1H3. The van der Waals surface area contributed by atoms with Gasteiger partial charge in [-0.1, -0.05) is 6.92 Å². The van der Waals surface area contributed by atoms with Crippen LogP contribution in [0.15, 0.2) is 12.4 Å². The molecule has 0 aliphatic heterocycles. The number of hydrazine groups is 1. The van der Waals surface area contributed by atoms with Gasteiger partial charge >= 0.3 is 0 Å². The van der Waals surface area contributed by atoms with E-state index in [1.54, 1.807) is 0 Å². The Morgan fingerprint density at radius 1 is 1.73 bits per heavy atom. The van der Waals surface area contributed by atoms with Crippen molar-refractivity contribution in [3.05, 3.63) is 18.0 Å². The van der Waals surface area contributed by atoms with Crippen molar-refractivity contribution in [2.24, 2.45) is 5.84 Å². The molecule has 1 aromatic heterocycles. The molecule has 0 unspecified atom stereocenters. The van der Waals surface area contributed by atoms with E-state index in [2.05, 4.69) is 17.4 Å². The van der Waals surface area contributed by atoms with Crippen molar-refractivity contribution < 1.29 is 0 Å². The lowest BCUT2D eigenvalue weighted by Gasteiger charge is -1.95. The summed E-state index contributed by atoms with van der Waals surface area (Å²) in [7, 11) is 0. The van der Waals surface area contributed by atoms with Crippen molar-refractivity contribution in [2.75, 3.05) is 0 Å². The molecule has 11 heavy (non-hydrogen) atoms. The number of nitrogens with two attached hydrogens (primary N) is 1. The molecule has 0 atom stereocenters. The van der Waals surface area contributed by atoms with Gasteiger partial charge in [0.1, 0.15) is 0 Å². The van der Waals surface area contributed by atoms with Crippen LogP contribution in [0.25, 0.3) is 0 Å². The lowest BCUT2D eigenvalue weighted by molar-refractivity contribution is 0.601. The molecular formula is C7H14N4. The largest absolute Gasteiger partial charge is 0.272 e. The zero-order chi connectivity index (χ0) is 8.10. The maximum absolute atomic E-state index is 5.16. The zero-order valence-corrected chi connectivity index (χ0v) is 6.75. The molecular weight excluding hydrogens is 140 g/mol. The molecule has 0 amide bonds. The van der Waals surface area contributed by atoms with Gasteiger partial charge in [-0.15, -0.1) is 0 Å². The van der Waals surface area contributed by atoms with Crippen LogP contribution in [-0.4, -0.2) is 9.78 Å². The summed E-state index contributed by atoms with van der Waals surface area (Å²) in [6.07, 6.45) is 4.94. The first kappa shape index (κ1) is 8.23. The Kier molecular flexibility index (Phi) is 3.07. The minimum absolute atomic E-state index is 0.684. The van der Waals surface area contributed by atoms with E-state index in [0.717, 1.165) is 18.5 Å². The van der Waals surface area contributed by atoms with E-state index in [4.69, 9.17) is 5.84 Å². The van der Waals surface area contributed by atoms with Crippen LogP contribution in [0.2, 0.25) is 0 Å². The van der Waals surface area contributed by atoms with Crippen molar-refractivity contribution in [2.45, 2.75) is 26.4 Å². The van der Waals surface area contributed by atoms with Gasteiger partial charge in [0, 0.05) is 24.8 Å². The molecule has 3 N–H and O–H groups in total. The van der Waals surface area contributed by atoms with Crippen molar-refractivity contribution in [1.82, 2.24) is 15.2 Å². The number of nitrogens with zero attached hydrogens (tertiary/aromatic N) is 2. The van der Waals surface area contributed by atoms with Gasteiger partial charge in [-0.3, -0.25) is 16.0 Å². The van der Waals surface area contributed by atoms with Gasteiger partial charge < -0.3 is 0 Å². The Labute approximate surface area is 66.4 Å². The fraction of sp³-hybridized carbons (Fsp3) is 0.571. The van der Waals surface area contributed by atoms with Crippen LogP contribution in [0.4, 0.5) is 0 Å². The van der Waals surface area contributed by atoms with Crippen LogP contribution >= 0.6 is 0 Å². The predicted octanol–water partition coefficient (Wildman–Crippen LogP) is 0.256. The minimum atomic E-state index is 0.684. The van der Waals surface area contributed by atoms with Gasteiger partial charge in [0.25, 0.3) is 0 Å². The van der Waals surface area contributed by atoms with Gasteiger partial charge in [-0.2, -0.15) is 5.10 Å². The summed E-state index contributed by atoms with van der Waals surface area (Å²) < 4.78 is 1.92. The Morgan fingerprint density at radius 3 is 3.18 bits per heavy atom. The van der Waals surface area contributed by atoms with Gasteiger partial charge in [0.2, 0.25) is 0 Å². The number of hydrogen-bond donors (Lipinski definition) is 2. The third-order valence-electron chi connectivity index (χ3n) is 1.45. The van der Waals surface area contributed by atoms with E-state index in [-0.39, 0.29) is 0 Å². The molecule has 0 aliphatic carbocycles. The Balaban J connectivity index is 2.51. The second-order valence-corrected chi connectivity index (χ2v) is 2.49. The predicted molar refractivity (Wildman–Crippen MR) is 43.5 cm³/mol. The highest BCUT2D eigenvalue weighted by molar-refractivity contribution is 5.02. The summed E-state index contributed by atoms with van der Waals surface area (Å²) in [5.41, 5.74) is 3.71. The fourth-order valence-corrected chi connectivity index (χ4v) is 0.967. The second kappa shape index (κ2) is 4.10. The van der Waals surface area contributed by atoms with Crippen molar-refractivity contribution in [3.63, 3.8) is 0 Å². The number of nitrogens with one attached hydrogen (secondary N) is 1. The molecule has 0 saturated heterocycles. The summed E-state index contributed by atoms with van der Waals surface area (Å²) in [6.45, 7) is 3.79. The topological polar surface area (TPSA) is 55.9 Å². The van der Waals surface area contributed by atoms with Crippen LogP contribution < -0.4 is 11.3 Å². The Bertz CT molecular complexity index is 185. The number of rotatable bonds is 4. The lowest BCUT2D eigenvalue weighted by atomic mass is 10.4. The van der Waals surface area contributed by atoms with Crippen LogP contribution in [-0.2, 0) is 13.1 Å². The average molecular weight is 154 g/mol. The lowest BCUT2D eigenvalue weighted by Crippen LogP contribution is -2.20. The molecule has 1 aromatic rings. The minimum Gasteiger partial charge on any atom is -0.272 e. The van der Waals surface area contributed by atoms with E-state index in [9.17, 15) is 0 Å². The molecule has 0 saturated carbocycles. The normalized spacial score (nSPS) is 10.4. The van der Waals surface area contributed by atoms with E-state index in [0.29, 0.717) is 6.54 Å². The molecule has 1 heterocycles. The quantitative estimate of drug-likeness (QED) is 0.483. The maximum Gasteiger partial charge on any atom is 0.0535 e. The van der Waals surface area contributed by atoms with Crippen LogP contribution in [0, 0.1) is 0 Å². The summed E-state index contributed by atoms with van der Waals surface area (Å²) >= 11 is 0. The van der Waals surface area contributed by atoms with E-state index < -0.39 is 0 Å². The molecule has 1 rings (SSSR count).